The molecule has 0 aliphatic rings. The van der Waals surface area contributed by atoms with Crippen molar-refractivity contribution in [1.82, 2.24) is 0 Å². The van der Waals surface area contributed by atoms with Crippen LogP contribution >= 0.6 is 0 Å². The van der Waals surface area contributed by atoms with Gasteiger partial charge in [0, 0.05) is 5.69 Å². The summed E-state index contributed by atoms with van der Waals surface area (Å²) in [7, 11) is 0. The second-order valence-corrected chi connectivity index (χ2v) is 4.62. The van der Waals surface area contributed by atoms with Crippen LogP contribution in [-0.2, 0) is 4.79 Å². The Morgan fingerprint density at radius 1 is 1.32 bits per heavy atom. The van der Waals surface area contributed by atoms with Crippen LogP contribution in [0.1, 0.15) is 12.5 Å². The number of nitrogens with one attached hydrogen (secondary N) is 1. The van der Waals surface area contributed by atoms with E-state index >= 15 is 0 Å². The van der Waals surface area contributed by atoms with Gasteiger partial charge in [0.1, 0.15) is 11.6 Å². The molecule has 2 aromatic rings. The quantitative estimate of drug-likeness (QED) is 0.850. The van der Waals surface area contributed by atoms with Gasteiger partial charge < -0.3 is 15.8 Å². The Labute approximate surface area is 127 Å². The van der Waals surface area contributed by atoms with Gasteiger partial charge in [-0.05, 0) is 49.4 Å². The lowest BCUT2D eigenvalue weighted by molar-refractivity contribution is -0.122. The van der Waals surface area contributed by atoms with Crippen molar-refractivity contribution in [3.05, 3.63) is 53.8 Å². The zero-order valence-corrected chi connectivity index (χ0v) is 11.8. The number of anilines is 2. The average molecular weight is 299 g/mol. The summed E-state index contributed by atoms with van der Waals surface area (Å²) in [5.41, 5.74) is 6.39. The molecule has 0 aromatic heterocycles. The van der Waals surface area contributed by atoms with E-state index in [2.05, 4.69) is 5.32 Å². The molecule has 5 nitrogen and oxygen atoms in total. The molecule has 0 fully saturated rings. The second-order valence-electron chi connectivity index (χ2n) is 4.62. The Hall–Kier alpha value is -3.07. The van der Waals surface area contributed by atoms with Crippen molar-refractivity contribution < 1.29 is 13.9 Å². The molecule has 0 saturated heterocycles. The molecular weight excluding hydrogens is 285 g/mol. The molecule has 2 rings (SSSR count). The topological polar surface area (TPSA) is 88.1 Å². The van der Waals surface area contributed by atoms with E-state index in [1.807, 2.05) is 6.07 Å². The lowest BCUT2D eigenvalue weighted by Crippen LogP contribution is -2.30. The van der Waals surface area contributed by atoms with Crippen LogP contribution in [0.5, 0.6) is 5.75 Å². The van der Waals surface area contributed by atoms with E-state index in [0.29, 0.717) is 17.0 Å². The van der Waals surface area contributed by atoms with Crippen LogP contribution in [0.25, 0.3) is 0 Å². The standard InChI is InChI=1S/C16H14FN3O2/c1-10(22-13-5-2-11(9-18)3-6-13)16(21)20-15-8-12(19)4-7-14(15)17/h2-8,10H,19H2,1H3,(H,20,21). The number of ether oxygens (including phenoxy) is 1. The molecule has 3 N–H and O–H groups in total. The smallest absolute Gasteiger partial charge is 0.265 e. The molecule has 0 saturated carbocycles. The maximum absolute atomic E-state index is 13.6. The minimum absolute atomic E-state index is 0.000258. The number of halogens is 1. The van der Waals surface area contributed by atoms with Gasteiger partial charge in [-0.1, -0.05) is 0 Å². The van der Waals surface area contributed by atoms with Gasteiger partial charge in [-0.2, -0.15) is 5.26 Å². The molecule has 1 atom stereocenters. The first kappa shape index (κ1) is 15.3. The van der Waals surface area contributed by atoms with Crippen LogP contribution < -0.4 is 15.8 Å². The van der Waals surface area contributed by atoms with Crippen LogP contribution in [0, 0.1) is 17.1 Å². The van der Waals surface area contributed by atoms with E-state index in [-0.39, 0.29) is 5.69 Å². The molecule has 0 aliphatic heterocycles. The van der Waals surface area contributed by atoms with Crippen LogP contribution in [-0.4, -0.2) is 12.0 Å². The normalized spacial score (nSPS) is 11.3. The van der Waals surface area contributed by atoms with Gasteiger partial charge >= 0.3 is 0 Å². The molecule has 112 valence electrons. The molecule has 0 heterocycles. The van der Waals surface area contributed by atoms with Gasteiger partial charge in [0.05, 0.1) is 17.3 Å². The highest BCUT2D eigenvalue weighted by atomic mass is 19.1. The number of benzene rings is 2. The second kappa shape index (κ2) is 6.59. The largest absolute Gasteiger partial charge is 0.481 e. The molecule has 0 aliphatic carbocycles. The number of nitriles is 1. The van der Waals surface area contributed by atoms with E-state index in [1.54, 1.807) is 24.3 Å². The third-order valence-corrected chi connectivity index (χ3v) is 2.91. The minimum Gasteiger partial charge on any atom is -0.481 e. The molecule has 0 radical (unpaired) electrons. The minimum atomic E-state index is -0.839. The van der Waals surface area contributed by atoms with Gasteiger partial charge in [-0.3, -0.25) is 4.79 Å². The first-order valence-electron chi connectivity index (χ1n) is 6.52. The van der Waals surface area contributed by atoms with Crippen molar-refractivity contribution in [2.24, 2.45) is 0 Å². The predicted molar refractivity (Wildman–Crippen MR) is 80.7 cm³/mol. The monoisotopic (exact) mass is 299 g/mol. The summed E-state index contributed by atoms with van der Waals surface area (Å²) < 4.78 is 19.0. The first-order valence-corrected chi connectivity index (χ1v) is 6.52. The molecule has 6 heteroatoms. The Bertz CT molecular complexity index is 723. The number of carbonyl (C=O) groups is 1. The van der Waals surface area contributed by atoms with E-state index < -0.39 is 17.8 Å². The highest BCUT2D eigenvalue weighted by molar-refractivity contribution is 5.94. The molecule has 0 spiro atoms. The highest BCUT2D eigenvalue weighted by Crippen LogP contribution is 2.19. The van der Waals surface area contributed by atoms with Gasteiger partial charge in [0.2, 0.25) is 0 Å². The number of amides is 1. The van der Waals surface area contributed by atoms with E-state index in [1.165, 1.54) is 25.1 Å². The van der Waals surface area contributed by atoms with Crippen molar-refractivity contribution in [2.75, 3.05) is 11.1 Å². The van der Waals surface area contributed by atoms with Crippen molar-refractivity contribution in [3.63, 3.8) is 0 Å². The van der Waals surface area contributed by atoms with Crippen molar-refractivity contribution >= 4 is 17.3 Å². The lowest BCUT2D eigenvalue weighted by atomic mass is 10.2. The number of carbonyl (C=O) groups excluding carboxylic acids is 1. The number of nitrogen functional groups attached to an aromatic ring is 1. The Kier molecular flexibility index (Phi) is 4.59. The Balaban J connectivity index is 2.02. The molecule has 2 aromatic carbocycles. The maximum Gasteiger partial charge on any atom is 0.265 e. The number of hydrogen-bond acceptors (Lipinski definition) is 4. The van der Waals surface area contributed by atoms with Crippen LogP contribution in [0.2, 0.25) is 0 Å². The van der Waals surface area contributed by atoms with Crippen LogP contribution in [0.3, 0.4) is 0 Å². The summed E-state index contributed by atoms with van der Waals surface area (Å²) in [5, 5.41) is 11.1. The fourth-order valence-corrected chi connectivity index (χ4v) is 1.74. The maximum atomic E-state index is 13.6. The SMILES string of the molecule is CC(Oc1ccc(C#N)cc1)C(=O)Nc1cc(N)ccc1F. The van der Waals surface area contributed by atoms with Gasteiger partial charge in [0.25, 0.3) is 5.91 Å². The summed E-state index contributed by atoms with van der Waals surface area (Å²) in [6, 6.07) is 12.2. The highest BCUT2D eigenvalue weighted by Gasteiger charge is 2.16. The zero-order chi connectivity index (χ0) is 16.1. The lowest BCUT2D eigenvalue weighted by Gasteiger charge is -2.15. The van der Waals surface area contributed by atoms with Gasteiger partial charge in [0.15, 0.2) is 6.10 Å². The Morgan fingerprint density at radius 3 is 2.64 bits per heavy atom. The summed E-state index contributed by atoms with van der Waals surface area (Å²) in [6.07, 6.45) is -0.839. The average Bonchev–Trinajstić information content (AvgIpc) is 2.51. The molecule has 1 amide bonds. The van der Waals surface area contributed by atoms with Crippen LogP contribution in [0.4, 0.5) is 15.8 Å². The van der Waals surface area contributed by atoms with E-state index in [0.717, 1.165) is 0 Å². The van der Waals surface area contributed by atoms with E-state index in [4.69, 9.17) is 15.7 Å². The molecule has 22 heavy (non-hydrogen) atoms. The van der Waals surface area contributed by atoms with E-state index in [9.17, 15) is 9.18 Å². The van der Waals surface area contributed by atoms with Crippen molar-refractivity contribution in [1.29, 1.82) is 5.26 Å². The first-order chi connectivity index (χ1) is 10.5. The molecule has 1 unspecified atom stereocenters. The van der Waals surface area contributed by atoms with Gasteiger partial charge in [-0.25, -0.2) is 4.39 Å². The third-order valence-electron chi connectivity index (χ3n) is 2.91. The molecular formula is C16H14FN3O2. The van der Waals surface area contributed by atoms with Crippen molar-refractivity contribution in [3.8, 4) is 11.8 Å². The van der Waals surface area contributed by atoms with Gasteiger partial charge in [-0.15, -0.1) is 0 Å². The predicted octanol–water partition coefficient (Wildman–Crippen LogP) is 2.69. The fourth-order valence-electron chi connectivity index (χ4n) is 1.74. The van der Waals surface area contributed by atoms with Crippen molar-refractivity contribution in [2.45, 2.75) is 13.0 Å². The summed E-state index contributed by atoms with van der Waals surface area (Å²) >= 11 is 0. The summed E-state index contributed by atoms with van der Waals surface area (Å²) in [4.78, 5) is 12.0. The Morgan fingerprint density at radius 2 is 2.00 bits per heavy atom. The summed E-state index contributed by atoms with van der Waals surface area (Å²) in [5.74, 6) is -0.642. The number of rotatable bonds is 4. The third kappa shape index (κ3) is 3.73. The number of hydrogen-bond donors (Lipinski definition) is 2. The zero-order valence-electron chi connectivity index (χ0n) is 11.8. The fraction of sp³-hybridized carbons (Fsp3) is 0.125. The number of nitrogens with zero attached hydrogens (tertiary/aromatic N) is 1. The number of nitrogens with two attached hydrogens (primary N) is 1. The summed E-state index contributed by atoms with van der Waals surface area (Å²) in [6.45, 7) is 1.54. The molecule has 0 bridgehead atoms. The van der Waals surface area contributed by atoms with Crippen LogP contribution in [0.15, 0.2) is 42.5 Å².